The minimum Gasteiger partial charge on any atom is -0.421 e. The fourth-order valence-electron chi connectivity index (χ4n) is 3.71. The largest absolute Gasteiger partial charge is 0.421 e. The summed E-state index contributed by atoms with van der Waals surface area (Å²) in [5.74, 6) is 0. The Labute approximate surface area is 174 Å². The van der Waals surface area contributed by atoms with Crippen molar-refractivity contribution < 1.29 is 13.6 Å². The highest BCUT2D eigenvalue weighted by Crippen LogP contribution is 2.35. The second-order valence-corrected chi connectivity index (χ2v) is 9.57. The Balaban J connectivity index is 1.77. The summed E-state index contributed by atoms with van der Waals surface area (Å²) in [6.07, 6.45) is 4.79. The summed E-state index contributed by atoms with van der Waals surface area (Å²) in [6, 6.07) is 7.39. The highest BCUT2D eigenvalue weighted by atomic mass is 35.5. The van der Waals surface area contributed by atoms with Crippen molar-refractivity contribution in [1.29, 1.82) is 0 Å². The van der Waals surface area contributed by atoms with Crippen molar-refractivity contribution in [3.8, 4) is 0 Å². The minimum absolute atomic E-state index is 0.00581. The first kappa shape index (κ1) is 18.9. The number of rotatable bonds is 3. The molecule has 1 aliphatic carbocycles. The van der Waals surface area contributed by atoms with Crippen LogP contribution in [-0.2, 0) is 9.84 Å². The topological polar surface area (TPSA) is 127 Å². The molecule has 9 nitrogen and oxygen atoms in total. The van der Waals surface area contributed by atoms with Crippen LogP contribution in [0.4, 0.5) is 0 Å². The number of hydrogen-bond acceptors (Lipinski definition) is 6. The normalized spacial score (nSPS) is 15.0. The predicted molar refractivity (Wildman–Crippen MR) is 109 cm³/mol. The average Bonchev–Trinajstić information content (AvgIpc) is 3.07. The summed E-state index contributed by atoms with van der Waals surface area (Å²) in [6.45, 7) is 0. The van der Waals surface area contributed by atoms with E-state index in [4.69, 9.17) is 11.6 Å². The molecule has 0 unspecified atom stereocenters. The van der Waals surface area contributed by atoms with Crippen molar-refractivity contribution >= 4 is 43.2 Å². The molecule has 0 saturated heterocycles. The van der Waals surface area contributed by atoms with Gasteiger partial charge in [0.2, 0.25) is 9.84 Å². The van der Waals surface area contributed by atoms with E-state index >= 15 is 0 Å². The van der Waals surface area contributed by atoms with E-state index in [1.807, 2.05) is 4.68 Å². The average molecular weight is 447 g/mol. The summed E-state index contributed by atoms with van der Waals surface area (Å²) in [5.41, 5.74) is -1.82. The van der Waals surface area contributed by atoms with Gasteiger partial charge in [-0.1, -0.05) is 16.3 Å². The van der Waals surface area contributed by atoms with Crippen LogP contribution in [0.2, 0.25) is 5.02 Å². The molecule has 30 heavy (non-hydrogen) atoms. The fourth-order valence-corrected chi connectivity index (χ4v) is 5.38. The van der Waals surface area contributed by atoms with Crippen molar-refractivity contribution in [1.82, 2.24) is 19.5 Å². The second kappa shape index (κ2) is 6.44. The number of fused-ring (bicyclic) bond motifs is 2. The summed E-state index contributed by atoms with van der Waals surface area (Å²) >= 11 is 6.04. The lowest BCUT2D eigenvalue weighted by Gasteiger charge is -2.26. The van der Waals surface area contributed by atoms with E-state index in [0.717, 1.165) is 24.6 Å². The summed E-state index contributed by atoms with van der Waals surface area (Å²) < 4.78 is 28.6. The van der Waals surface area contributed by atoms with Crippen LogP contribution in [0, 0.1) is 0 Å². The van der Waals surface area contributed by atoms with Gasteiger partial charge in [-0.05, 0) is 49.6 Å². The molecule has 2 aromatic carbocycles. The number of aromatic nitrogens is 4. The maximum Gasteiger partial charge on any atom is 0.362 e. The molecule has 0 bridgehead atoms. The van der Waals surface area contributed by atoms with Gasteiger partial charge in [-0.25, -0.2) is 13.2 Å². The zero-order valence-electron chi connectivity index (χ0n) is 15.4. The summed E-state index contributed by atoms with van der Waals surface area (Å²) in [5, 5.41) is 14.4. The highest BCUT2D eigenvalue weighted by molar-refractivity contribution is 7.91. The van der Waals surface area contributed by atoms with Crippen molar-refractivity contribution in [2.75, 3.05) is 0 Å². The maximum absolute atomic E-state index is 13.4. The third kappa shape index (κ3) is 2.60. The molecule has 0 spiro atoms. The summed E-state index contributed by atoms with van der Waals surface area (Å²) in [4.78, 5) is 26.1. The molecule has 1 aliphatic rings. The predicted octanol–water partition coefficient (Wildman–Crippen LogP) is 2.49. The van der Waals surface area contributed by atoms with Crippen LogP contribution in [0.15, 0.2) is 55.9 Å². The molecule has 0 amide bonds. The number of halogens is 1. The molecule has 0 radical (unpaired) electrons. The molecule has 0 aliphatic heterocycles. The van der Waals surface area contributed by atoms with Crippen LogP contribution in [0.5, 0.6) is 0 Å². The van der Waals surface area contributed by atoms with Gasteiger partial charge in [-0.3, -0.25) is 9.48 Å². The molecule has 1 saturated carbocycles. The van der Waals surface area contributed by atoms with Crippen LogP contribution >= 0.6 is 11.6 Å². The lowest BCUT2D eigenvalue weighted by atomic mass is 9.93. The van der Waals surface area contributed by atoms with Gasteiger partial charge in [0.15, 0.2) is 0 Å². The van der Waals surface area contributed by atoms with Gasteiger partial charge in [-0.2, -0.15) is 5.10 Å². The minimum atomic E-state index is -4.13. The van der Waals surface area contributed by atoms with Crippen LogP contribution in [-0.4, -0.2) is 33.1 Å². The van der Waals surface area contributed by atoms with Gasteiger partial charge in [-0.15, -0.1) is 0 Å². The Kier molecular flexibility index (Phi) is 4.06. The van der Waals surface area contributed by atoms with E-state index in [9.17, 15) is 23.2 Å². The van der Waals surface area contributed by atoms with Crippen molar-refractivity contribution in [3.05, 3.63) is 62.4 Å². The van der Waals surface area contributed by atoms with Gasteiger partial charge < -0.3 is 10.2 Å². The molecule has 11 heteroatoms. The molecule has 4 aromatic rings. The number of H-pyrrole nitrogens is 1. The molecular weight excluding hydrogens is 432 g/mol. The third-order valence-corrected chi connectivity index (χ3v) is 7.65. The van der Waals surface area contributed by atoms with Crippen LogP contribution < -0.4 is 11.2 Å². The Hall–Kier alpha value is -3.11. The Morgan fingerprint density at radius 1 is 1.17 bits per heavy atom. The first-order valence-electron chi connectivity index (χ1n) is 9.18. The van der Waals surface area contributed by atoms with Gasteiger partial charge in [0.05, 0.1) is 43.5 Å². The standard InChI is InChI=1S/C19H15ClN4O5S/c20-13-6-7-15(17-16(13)18(25)24(27)19(26)22-17)30(28,29)12-5-4-10-9-21-23(14(10)8-12)11-2-1-3-11/h4-9,11,27H,1-3H2,(H,22,26). The molecule has 154 valence electrons. The molecule has 2 aromatic heterocycles. The number of aromatic amines is 1. The van der Waals surface area contributed by atoms with E-state index in [0.29, 0.717) is 5.52 Å². The molecule has 5 rings (SSSR count). The number of nitrogens with zero attached hydrogens (tertiary/aromatic N) is 3. The quantitative estimate of drug-likeness (QED) is 0.465. The summed E-state index contributed by atoms with van der Waals surface area (Å²) in [7, 11) is -4.13. The van der Waals surface area contributed by atoms with Gasteiger partial charge in [0.25, 0.3) is 5.56 Å². The number of nitrogens with one attached hydrogen (secondary N) is 1. The zero-order valence-corrected chi connectivity index (χ0v) is 16.9. The lowest BCUT2D eigenvalue weighted by Crippen LogP contribution is -2.33. The monoisotopic (exact) mass is 446 g/mol. The smallest absolute Gasteiger partial charge is 0.362 e. The first-order valence-corrected chi connectivity index (χ1v) is 11.0. The Morgan fingerprint density at radius 3 is 2.63 bits per heavy atom. The fraction of sp³-hybridized carbons (Fsp3) is 0.211. The number of sulfone groups is 1. The zero-order chi connectivity index (χ0) is 21.2. The lowest BCUT2D eigenvalue weighted by molar-refractivity contribution is 0.162. The van der Waals surface area contributed by atoms with E-state index in [2.05, 4.69) is 10.1 Å². The molecule has 0 atom stereocenters. The van der Waals surface area contributed by atoms with Crippen LogP contribution in [0.1, 0.15) is 25.3 Å². The Bertz CT molecular complexity index is 1560. The Morgan fingerprint density at radius 2 is 1.93 bits per heavy atom. The molecular formula is C19H15ClN4O5S. The maximum atomic E-state index is 13.4. The van der Waals surface area contributed by atoms with Gasteiger partial charge in [0, 0.05) is 5.39 Å². The molecule has 1 fully saturated rings. The van der Waals surface area contributed by atoms with Crippen molar-refractivity contribution in [2.45, 2.75) is 35.1 Å². The van der Waals surface area contributed by atoms with Gasteiger partial charge >= 0.3 is 5.69 Å². The second-order valence-electron chi connectivity index (χ2n) is 7.24. The van der Waals surface area contributed by atoms with E-state index in [-0.39, 0.29) is 36.5 Å². The van der Waals surface area contributed by atoms with E-state index < -0.39 is 21.1 Å². The molecule has 2 heterocycles. The number of benzene rings is 2. The van der Waals surface area contributed by atoms with E-state index in [1.54, 1.807) is 18.3 Å². The van der Waals surface area contributed by atoms with Gasteiger partial charge in [0.1, 0.15) is 0 Å². The van der Waals surface area contributed by atoms with Crippen molar-refractivity contribution in [2.24, 2.45) is 0 Å². The first-order chi connectivity index (χ1) is 14.3. The van der Waals surface area contributed by atoms with Crippen LogP contribution in [0.25, 0.3) is 21.8 Å². The highest BCUT2D eigenvalue weighted by Gasteiger charge is 2.26. The van der Waals surface area contributed by atoms with E-state index in [1.165, 1.54) is 18.2 Å². The number of hydrogen-bond donors (Lipinski definition) is 2. The van der Waals surface area contributed by atoms with Crippen molar-refractivity contribution in [3.63, 3.8) is 0 Å². The SMILES string of the molecule is O=c1[nH]c2c(S(=O)(=O)c3ccc4cnn(C5CCC5)c4c3)ccc(Cl)c2c(=O)n1O. The third-order valence-electron chi connectivity index (χ3n) is 5.54. The van der Waals surface area contributed by atoms with Crippen LogP contribution in [0.3, 0.4) is 0 Å². The molecule has 2 N–H and O–H groups in total.